The molecule has 1 aromatic heterocycles. The number of fused-ring (bicyclic) bond motifs is 1. The second-order valence-corrected chi connectivity index (χ2v) is 4.74. The lowest BCUT2D eigenvalue weighted by atomic mass is 10.1. The lowest BCUT2D eigenvalue weighted by molar-refractivity contribution is 0.358. The van der Waals surface area contributed by atoms with Gasteiger partial charge >= 0.3 is 0 Å². The van der Waals surface area contributed by atoms with E-state index in [9.17, 15) is 4.39 Å². The lowest BCUT2D eigenvalue weighted by Crippen LogP contribution is -2.23. The molecule has 0 saturated heterocycles. The van der Waals surface area contributed by atoms with E-state index in [-0.39, 0.29) is 11.4 Å². The van der Waals surface area contributed by atoms with Crippen LogP contribution in [-0.2, 0) is 5.54 Å². The molecule has 3 nitrogen and oxygen atoms in total. The highest BCUT2D eigenvalue weighted by atomic mass is 19.1. The van der Waals surface area contributed by atoms with Gasteiger partial charge in [0.25, 0.3) is 0 Å². The van der Waals surface area contributed by atoms with Gasteiger partial charge in [-0.05, 0) is 26.8 Å². The fraction of sp³-hybridized carbons (Fsp3) is 0.333. The van der Waals surface area contributed by atoms with E-state index < -0.39 is 0 Å². The zero-order chi connectivity index (χ0) is 11.9. The largest absolute Gasteiger partial charge is 0.239 e. The van der Waals surface area contributed by atoms with Gasteiger partial charge in [0.05, 0.1) is 11.1 Å². The van der Waals surface area contributed by atoms with Gasteiger partial charge in [0.2, 0.25) is 0 Å². The number of benzene rings is 1. The van der Waals surface area contributed by atoms with Crippen LogP contribution in [0, 0.1) is 5.82 Å². The molecule has 0 radical (unpaired) electrons. The molecule has 0 atom stereocenters. The van der Waals surface area contributed by atoms with Crippen molar-refractivity contribution in [1.29, 1.82) is 0 Å². The Kier molecular flexibility index (Phi) is 2.30. The fourth-order valence-electron chi connectivity index (χ4n) is 1.61. The van der Waals surface area contributed by atoms with Crippen LogP contribution in [0.5, 0.6) is 0 Å². The molecule has 2 aromatic rings. The number of hydrogen-bond acceptors (Lipinski definition) is 2. The van der Waals surface area contributed by atoms with Crippen molar-refractivity contribution < 1.29 is 4.39 Å². The Morgan fingerprint density at radius 3 is 2.62 bits per heavy atom. The number of nitrogens with zero attached hydrogens (tertiary/aromatic N) is 3. The van der Waals surface area contributed by atoms with Crippen LogP contribution in [0.3, 0.4) is 0 Å². The van der Waals surface area contributed by atoms with E-state index in [2.05, 4.69) is 16.9 Å². The Bertz CT molecular complexity index is 549. The summed E-state index contributed by atoms with van der Waals surface area (Å²) in [6, 6.07) is 3.12. The summed E-state index contributed by atoms with van der Waals surface area (Å²) in [5.41, 5.74) is 1.63. The van der Waals surface area contributed by atoms with Crippen molar-refractivity contribution in [2.75, 3.05) is 0 Å². The third-order valence-electron chi connectivity index (χ3n) is 2.42. The SMILES string of the molecule is C=Cc1cc2nnn(C(C)(C)C)c2cc1F. The summed E-state index contributed by atoms with van der Waals surface area (Å²) in [6.07, 6.45) is 1.48. The molecular weight excluding hydrogens is 205 g/mol. The molecule has 0 fully saturated rings. The topological polar surface area (TPSA) is 30.7 Å². The number of halogens is 1. The van der Waals surface area contributed by atoms with Gasteiger partial charge in [0.15, 0.2) is 0 Å². The van der Waals surface area contributed by atoms with Crippen molar-refractivity contribution in [2.24, 2.45) is 0 Å². The molecule has 0 aliphatic rings. The van der Waals surface area contributed by atoms with Gasteiger partial charge in [0.1, 0.15) is 11.3 Å². The fourth-order valence-corrected chi connectivity index (χ4v) is 1.61. The Morgan fingerprint density at radius 2 is 2.06 bits per heavy atom. The molecule has 0 amide bonds. The van der Waals surface area contributed by atoms with Gasteiger partial charge < -0.3 is 0 Å². The highest BCUT2D eigenvalue weighted by Crippen LogP contribution is 2.23. The van der Waals surface area contributed by atoms with Crippen LogP contribution < -0.4 is 0 Å². The summed E-state index contributed by atoms with van der Waals surface area (Å²) in [4.78, 5) is 0. The van der Waals surface area contributed by atoms with E-state index in [0.29, 0.717) is 16.6 Å². The Morgan fingerprint density at radius 1 is 1.38 bits per heavy atom. The molecule has 1 heterocycles. The minimum atomic E-state index is -0.296. The number of aromatic nitrogens is 3. The molecule has 84 valence electrons. The average Bonchev–Trinajstić information content (AvgIpc) is 2.58. The predicted molar refractivity (Wildman–Crippen MR) is 62.6 cm³/mol. The maximum absolute atomic E-state index is 13.6. The zero-order valence-electron chi connectivity index (χ0n) is 9.66. The van der Waals surface area contributed by atoms with Gasteiger partial charge in [0, 0.05) is 11.6 Å². The number of rotatable bonds is 1. The third-order valence-corrected chi connectivity index (χ3v) is 2.42. The van der Waals surface area contributed by atoms with Crippen LogP contribution in [-0.4, -0.2) is 15.0 Å². The second kappa shape index (κ2) is 3.40. The number of hydrogen-bond donors (Lipinski definition) is 0. The van der Waals surface area contributed by atoms with Crippen LogP contribution in [0.1, 0.15) is 26.3 Å². The summed E-state index contributed by atoms with van der Waals surface area (Å²) >= 11 is 0. The quantitative estimate of drug-likeness (QED) is 0.738. The minimum absolute atomic E-state index is 0.211. The molecule has 0 aliphatic carbocycles. The summed E-state index contributed by atoms with van der Waals surface area (Å²) in [5, 5.41) is 8.08. The van der Waals surface area contributed by atoms with Crippen molar-refractivity contribution >= 4 is 17.1 Å². The van der Waals surface area contributed by atoms with Crippen molar-refractivity contribution in [3.05, 3.63) is 30.1 Å². The third kappa shape index (κ3) is 1.60. The predicted octanol–water partition coefficient (Wildman–Crippen LogP) is 2.97. The summed E-state index contributed by atoms with van der Waals surface area (Å²) in [7, 11) is 0. The van der Waals surface area contributed by atoms with Crippen molar-refractivity contribution in [3.63, 3.8) is 0 Å². The molecule has 4 heteroatoms. The van der Waals surface area contributed by atoms with Gasteiger partial charge in [-0.3, -0.25) is 0 Å². The van der Waals surface area contributed by atoms with Crippen molar-refractivity contribution in [3.8, 4) is 0 Å². The first kappa shape index (κ1) is 10.8. The first-order valence-electron chi connectivity index (χ1n) is 5.11. The van der Waals surface area contributed by atoms with E-state index in [1.165, 1.54) is 12.1 Å². The van der Waals surface area contributed by atoms with Gasteiger partial charge in [-0.2, -0.15) is 0 Å². The monoisotopic (exact) mass is 219 g/mol. The maximum atomic E-state index is 13.6. The highest BCUT2D eigenvalue weighted by molar-refractivity contribution is 5.78. The summed E-state index contributed by atoms with van der Waals surface area (Å²) < 4.78 is 15.3. The van der Waals surface area contributed by atoms with E-state index in [4.69, 9.17) is 0 Å². The van der Waals surface area contributed by atoms with E-state index in [1.807, 2.05) is 20.8 Å². The summed E-state index contributed by atoms with van der Waals surface area (Å²) in [5.74, 6) is -0.296. The van der Waals surface area contributed by atoms with E-state index >= 15 is 0 Å². The normalized spacial score (nSPS) is 12.0. The van der Waals surface area contributed by atoms with E-state index in [0.717, 1.165) is 0 Å². The van der Waals surface area contributed by atoms with Crippen LogP contribution >= 0.6 is 0 Å². The Hall–Kier alpha value is -1.71. The summed E-state index contributed by atoms with van der Waals surface area (Å²) in [6.45, 7) is 9.56. The second-order valence-electron chi connectivity index (χ2n) is 4.74. The molecule has 2 rings (SSSR count). The Balaban J connectivity index is 2.75. The molecule has 0 bridgehead atoms. The van der Waals surface area contributed by atoms with Gasteiger partial charge in [-0.1, -0.05) is 17.9 Å². The van der Waals surface area contributed by atoms with Crippen LogP contribution in [0.15, 0.2) is 18.7 Å². The molecule has 0 aliphatic heterocycles. The van der Waals surface area contributed by atoms with Crippen LogP contribution in [0.25, 0.3) is 17.1 Å². The first-order chi connectivity index (χ1) is 7.43. The molecular formula is C12H14FN3. The van der Waals surface area contributed by atoms with Crippen LogP contribution in [0.2, 0.25) is 0 Å². The van der Waals surface area contributed by atoms with Crippen molar-refractivity contribution in [1.82, 2.24) is 15.0 Å². The molecule has 0 N–H and O–H groups in total. The van der Waals surface area contributed by atoms with E-state index in [1.54, 1.807) is 10.7 Å². The van der Waals surface area contributed by atoms with Gasteiger partial charge in [-0.15, -0.1) is 5.10 Å². The smallest absolute Gasteiger partial charge is 0.132 e. The van der Waals surface area contributed by atoms with Crippen LogP contribution in [0.4, 0.5) is 4.39 Å². The molecule has 0 spiro atoms. The minimum Gasteiger partial charge on any atom is -0.239 e. The van der Waals surface area contributed by atoms with Crippen molar-refractivity contribution in [2.45, 2.75) is 26.3 Å². The molecule has 16 heavy (non-hydrogen) atoms. The van der Waals surface area contributed by atoms with Gasteiger partial charge in [-0.25, -0.2) is 9.07 Å². The standard InChI is InChI=1S/C12H14FN3/c1-5-8-6-10-11(7-9(8)13)16(15-14-10)12(2,3)4/h5-7H,1H2,2-4H3. The highest BCUT2D eigenvalue weighted by Gasteiger charge is 2.18. The Labute approximate surface area is 93.6 Å². The lowest BCUT2D eigenvalue weighted by Gasteiger charge is -2.19. The first-order valence-corrected chi connectivity index (χ1v) is 5.11. The average molecular weight is 219 g/mol. The molecule has 1 aromatic carbocycles. The zero-order valence-corrected chi connectivity index (χ0v) is 9.66. The molecule has 0 unspecified atom stereocenters. The molecule has 0 saturated carbocycles. The maximum Gasteiger partial charge on any atom is 0.132 e.